The van der Waals surface area contributed by atoms with Gasteiger partial charge in [-0.2, -0.15) is 13.2 Å². The Kier molecular flexibility index (Phi) is 4.80. The SMILES string of the molecule is CCC(=O)N1C(CCN)CCCC1C(F)(F)F. The molecule has 0 radical (unpaired) electrons. The average molecular weight is 252 g/mol. The maximum absolute atomic E-state index is 12.9. The number of likely N-dealkylation sites (tertiary alicyclic amines) is 1. The Hall–Kier alpha value is -0.780. The number of piperidine rings is 1. The highest BCUT2D eigenvalue weighted by molar-refractivity contribution is 5.76. The molecule has 0 aromatic carbocycles. The van der Waals surface area contributed by atoms with E-state index < -0.39 is 18.1 Å². The van der Waals surface area contributed by atoms with Gasteiger partial charge in [-0.05, 0) is 32.2 Å². The van der Waals surface area contributed by atoms with E-state index in [1.165, 1.54) is 0 Å². The third kappa shape index (κ3) is 3.34. The van der Waals surface area contributed by atoms with E-state index in [1.807, 2.05) is 0 Å². The van der Waals surface area contributed by atoms with Crippen LogP contribution in [0.2, 0.25) is 0 Å². The van der Waals surface area contributed by atoms with Gasteiger partial charge in [0.1, 0.15) is 6.04 Å². The number of carbonyl (C=O) groups is 1. The Balaban J connectivity index is 2.91. The number of hydrogen-bond acceptors (Lipinski definition) is 2. The van der Waals surface area contributed by atoms with E-state index in [0.717, 1.165) is 4.90 Å². The zero-order valence-corrected chi connectivity index (χ0v) is 9.96. The number of nitrogens with zero attached hydrogens (tertiary/aromatic N) is 1. The Morgan fingerprint density at radius 2 is 2.06 bits per heavy atom. The van der Waals surface area contributed by atoms with Crippen LogP contribution in [0.3, 0.4) is 0 Å². The van der Waals surface area contributed by atoms with Crippen LogP contribution in [-0.2, 0) is 4.79 Å². The molecule has 2 unspecified atom stereocenters. The van der Waals surface area contributed by atoms with Gasteiger partial charge in [0.25, 0.3) is 0 Å². The molecule has 0 aromatic rings. The molecule has 0 spiro atoms. The fourth-order valence-electron chi connectivity index (χ4n) is 2.44. The van der Waals surface area contributed by atoms with Crippen molar-refractivity contribution in [2.45, 2.75) is 57.3 Å². The van der Waals surface area contributed by atoms with Crippen molar-refractivity contribution in [2.24, 2.45) is 5.73 Å². The summed E-state index contributed by atoms with van der Waals surface area (Å²) in [4.78, 5) is 12.7. The van der Waals surface area contributed by atoms with Gasteiger partial charge in [-0.25, -0.2) is 0 Å². The summed E-state index contributed by atoms with van der Waals surface area (Å²) in [5.41, 5.74) is 5.40. The summed E-state index contributed by atoms with van der Waals surface area (Å²) < 4.78 is 38.6. The van der Waals surface area contributed by atoms with Gasteiger partial charge in [0.15, 0.2) is 0 Å². The number of carbonyl (C=O) groups excluding carboxylic acids is 1. The Morgan fingerprint density at radius 1 is 1.41 bits per heavy atom. The van der Waals surface area contributed by atoms with Gasteiger partial charge in [0.05, 0.1) is 0 Å². The molecule has 1 fully saturated rings. The summed E-state index contributed by atoms with van der Waals surface area (Å²) in [7, 11) is 0. The quantitative estimate of drug-likeness (QED) is 0.835. The molecule has 1 aliphatic rings. The topological polar surface area (TPSA) is 46.3 Å². The van der Waals surface area contributed by atoms with Gasteiger partial charge >= 0.3 is 6.18 Å². The molecule has 2 N–H and O–H groups in total. The lowest BCUT2D eigenvalue weighted by atomic mass is 9.92. The minimum Gasteiger partial charge on any atom is -0.330 e. The summed E-state index contributed by atoms with van der Waals surface area (Å²) in [5.74, 6) is -0.425. The highest BCUT2D eigenvalue weighted by atomic mass is 19.4. The molecule has 0 saturated carbocycles. The highest BCUT2D eigenvalue weighted by Crippen LogP contribution is 2.35. The van der Waals surface area contributed by atoms with Crippen LogP contribution < -0.4 is 5.73 Å². The molecular weight excluding hydrogens is 233 g/mol. The molecule has 1 saturated heterocycles. The number of alkyl halides is 3. The van der Waals surface area contributed by atoms with E-state index in [-0.39, 0.29) is 18.9 Å². The highest BCUT2D eigenvalue weighted by Gasteiger charge is 2.48. The largest absolute Gasteiger partial charge is 0.408 e. The average Bonchev–Trinajstić information content (AvgIpc) is 2.27. The first-order valence-electron chi connectivity index (χ1n) is 5.99. The Morgan fingerprint density at radius 3 is 2.53 bits per heavy atom. The Labute approximate surface area is 99.1 Å². The van der Waals surface area contributed by atoms with Crippen LogP contribution in [0.25, 0.3) is 0 Å². The molecule has 17 heavy (non-hydrogen) atoms. The van der Waals surface area contributed by atoms with Crippen LogP contribution in [0.1, 0.15) is 39.0 Å². The first-order valence-corrected chi connectivity index (χ1v) is 5.99. The molecule has 1 aliphatic heterocycles. The second-order valence-corrected chi connectivity index (χ2v) is 4.37. The molecule has 6 heteroatoms. The number of halogens is 3. The maximum atomic E-state index is 12.9. The van der Waals surface area contributed by atoms with Crippen molar-refractivity contribution in [3.8, 4) is 0 Å². The Bertz CT molecular complexity index is 266. The molecule has 2 atom stereocenters. The summed E-state index contributed by atoms with van der Waals surface area (Å²) in [6.07, 6.45) is -2.65. The maximum Gasteiger partial charge on any atom is 0.408 e. The van der Waals surface area contributed by atoms with E-state index in [0.29, 0.717) is 25.8 Å². The van der Waals surface area contributed by atoms with Crippen LogP contribution in [0, 0.1) is 0 Å². The number of amides is 1. The van der Waals surface area contributed by atoms with Crippen LogP contribution in [-0.4, -0.2) is 35.6 Å². The predicted octanol–water partition coefficient (Wildman–Crippen LogP) is 2.06. The fourth-order valence-corrected chi connectivity index (χ4v) is 2.44. The molecule has 1 heterocycles. The van der Waals surface area contributed by atoms with E-state index >= 15 is 0 Å². The lowest BCUT2D eigenvalue weighted by Gasteiger charge is -2.42. The van der Waals surface area contributed by atoms with Gasteiger partial charge < -0.3 is 10.6 Å². The van der Waals surface area contributed by atoms with Crippen LogP contribution in [0.4, 0.5) is 13.2 Å². The zero-order valence-electron chi connectivity index (χ0n) is 9.96. The van der Waals surface area contributed by atoms with Gasteiger partial charge in [-0.3, -0.25) is 4.79 Å². The second kappa shape index (κ2) is 5.71. The third-order valence-corrected chi connectivity index (χ3v) is 3.21. The smallest absolute Gasteiger partial charge is 0.330 e. The van der Waals surface area contributed by atoms with Gasteiger partial charge in [0.2, 0.25) is 5.91 Å². The number of nitrogens with two attached hydrogens (primary N) is 1. The minimum atomic E-state index is -4.34. The van der Waals surface area contributed by atoms with Crippen LogP contribution in [0.15, 0.2) is 0 Å². The molecule has 0 aromatic heterocycles. The monoisotopic (exact) mass is 252 g/mol. The second-order valence-electron chi connectivity index (χ2n) is 4.37. The lowest BCUT2D eigenvalue weighted by molar-refractivity contribution is -0.203. The first kappa shape index (κ1) is 14.3. The van der Waals surface area contributed by atoms with Gasteiger partial charge in [-0.1, -0.05) is 6.92 Å². The van der Waals surface area contributed by atoms with Crippen LogP contribution in [0.5, 0.6) is 0 Å². The molecule has 1 amide bonds. The van der Waals surface area contributed by atoms with Crippen molar-refractivity contribution in [2.75, 3.05) is 6.54 Å². The molecular formula is C11H19F3N2O. The van der Waals surface area contributed by atoms with E-state index in [1.54, 1.807) is 6.92 Å². The molecule has 1 rings (SSSR count). The molecule has 100 valence electrons. The van der Waals surface area contributed by atoms with Crippen molar-refractivity contribution in [3.63, 3.8) is 0 Å². The number of rotatable bonds is 3. The minimum absolute atomic E-state index is 0.0102. The third-order valence-electron chi connectivity index (χ3n) is 3.21. The van der Waals surface area contributed by atoms with E-state index in [4.69, 9.17) is 5.73 Å². The van der Waals surface area contributed by atoms with E-state index in [9.17, 15) is 18.0 Å². The van der Waals surface area contributed by atoms with E-state index in [2.05, 4.69) is 0 Å². The predicted molar refractivity (Wildman–Crippen MR) is 58.3 cm³/mol. The standard InChI is InChI=1S/C11H19F3N2O/c1-2-10(17)16-8(6-7-15)4-3-5-9(16)11(12,13)14/h8-9H,2-7,15H2,1H3. The van der Waals surface area contributed by atoms with Crippen LogP contribution >= 0.6 is 0 Å². The molecule has 0 bridgehead atoms. The summed E-state index contributed by atoms with van der Waals surface area (Å²) in [6.45, 7) is 1.90. The normalized spacial score (nSPS) is 26.1. The van der Waals surface area contributed by atoms with Crippen molar-refractivity contribution in [1.29, 1.82) is 0 Å². The summed E-state index contributed by atoms with van der Waals surface area (Å²) in [5, 5.41) is 0. The van der Waals surface area contributed by atoms with Gasteiger partial charge in [-0.15, -0.1) is 0 Å². The lowest BCUT2D eigenvalue weighted by Crippen LogP contribution is -2.56. The van der Waals surface area contributed by atoms with Crippen molar-refractivity contribution < 1.29 is 18.0 Å². The molecule has 0 aliphatic carbocycles. The van der Waals surface area contributed by atoms with Gasteiger partial charge in [0, 0.05) is 12.5 Å². The summed E-state index contributed by atoms with van der Waals surface area (Å²) in [6, 6.07) is -1.98. The first-order chi connectivity index (χ1) is 7.91. The number of hydrogen-bond donors (Lipinski definition) is 1. The van der Waals surface area contributed by atoms with Crippen molar-refractivity contribution >= 4 is 5.91 Å². The summed E-state index contributed by atoms with van der Waals surface area (Å²) >= 11 is 0. The van der Waals surface area contributed by atoms with Crippen molar-refractivity contribution in [1.82, 2.24) is 4.90 Å². The molecule has 3 nitrogen and oxygen atoms in total. The zero-order chi connectivity index (χ0) is 13.1. The van der Waals surface area contributed by atoms with Crippen molar-refractivity contribution in [3.05, 3.63) is 0 Å². The fraction of sp³-hybridized carbons (Fsp3) is 0.909.